The Morgan fingerprint density at radius 3 is 2.69 bits per heavy atom. The topological polar surface area (TPSA) is 87.2 Å². The first kappa shape index (κ1) is 17.9. The standard InChI is InChI=1S/C18H21N3O5/c1-19-11-15(22)21(18(19)25)9-4-7-17(24)26-12-16(23)20-10-8-13-5-2-3-6-14(13)20/h2-3,5-6H,4,7-12H2,1H3. The van der Waals surface area contributed by atoms with Crippen LogP contribution in [0, 0.1) is 0 Å². The molecule has 1 fully saturated rings. The number of amides is 4. The fourth-order valence-corrected chi connectivity index (χ4v) is 3.16. The third-order valence-corrected chi connectivity index (χ3v) is 4.54. The van der Waals surface area contributed by atoms with Crippen LogP contribution >= 0.6 is 0 Å². The second kappa shape index (κ2) is 7.55. The molecule has 0 aromatic heterocycles. The van der Waals surface area contributed by atoms with Gasteiger partial charge in [0.1, 0.15) is 6.54 Å². The van der Waals surface area contributed by atoms with Crippen LogP contribution in [0.5, 0.6) is 0 Å². The van der Waals surface area contributed by atoms with Gasteiger partial charge in [0.25, 0.3) is 5.91 Å². The van der Waals surface area contributed by atoms with E-state index in [-0.39, 0.29) is 44.0 Å². The van der Waals surface area contributed by atoms with Crippen molar-refractivity contribution in [2.75, 3.05) is 38.2 Å². The molecule has 0 N–H and O–H groups in total. The number of likely N-dealkylation sites (N-methyl/N-ethyl adjacent to an activating group) is 1. The molecule has 26 heavy (non-hydrogen) atoms. The van der Waals surface area contributed by atoms with Crippen LogP contribution in [0.3, 0.4) is 0 Å². The summed E-state index contributed by atoms with van der Waals surface area (Å²) >= 11 is 0. The number of carbonyl (C=O) groups excluding carboxylic acids is 4. The van der Waals surface area contributed by atoms with Crippen molar-refractivity contribution in [2.24, 2.45) is 0 Å². The molecule has 2 heterocycles. The number of urea groups is 1. The van der Waals surface area contributed by atoms with Crippen LogP contribution < -0.4 is 4.90 Å². The number of imide groups is 1. The number of rotatable bonds is 6. The highest BCUT2D eigenvalue weighted by atomic mass is 16.5. The molecule has 0 radical (unpaired) electrons. The number of esters is 1. The summed E-state index contributed by atoms with van der Waals surface area (Å²) in [4.78, 5) is 51.5. The Hall–Kier alpha value is -2.90. The average molecular weight is 359 g/mol. The molecule has 0 spiro atoms. The van der Waals surface area contributed by atoms with Crippen LogP contribution in [0.25, 0.3) is 0 Å². The van der Waals surface area contributed by atoms with E-state index in [0.29, 0.717) is 13.0 Å². The van der Waals surface area contributed by atoms with E-state index in [2.05, 4.69) is 0 Å². The molecular weight excluding hydrogens is 338 g/mol. The highest BCUT2D eigenvalue weighted by Crippen LogP contribution is 2.27. The summed E-state index contributed by atoms with van der Waals surface area (Å²) in [7, 11) is 1.55. The highest BCUT2D eigenvalue weighted by Gasteiger charge is 2.33. The van der Waals surface area contributed by atoms with Crippen LogP contribution in [0.15, 0.2) is 24.3 Å². The van der Waals surface area contributed by atoms with Crippen LogP contribution in [-0.4, -0.2) is 66.9 Å². The smallest absolute Gasteiger partial charge is 0.326 e. The lowest BCUT2D eigenvalue weighted by atomic mass is 10.2. The molecule has 3 rings (SSSR count). The zero-order valence-electron chi connectivity index (χ0n) is 14.6. The molecule has 0 atom stereocenters. The summed E-state index contributed by atoms with van der Waals surface area (Å²) in [6.07, 6.45) is 1.15. The predicted octanol–water partition coefficient (Wildman–Crippen LogP) is 0.793. The van der Waals surface area contributed by atoms with Crippen molar-refractivity contribution in [1.29, 1.82) is 0 Å². The van der Waals surface area contributed by atoms with E-state index in [9.17, 15) is 19.2 Å². The zero-order valence-corrected chi connectivity index (χ0v) is 14.6. The highest BCUT2D eigenvalue weighted by molar-refractivity contribution is 6.01. The van der Waals surface area contributed by atoms with Gasteiger partial charge in [-0.05, 0) is 24.5 Å². The van der Waals surface area contributed by atoms with Gasteiger partial charge in [0.2, 0.25) is 5.91 Å². The lowest BCUT2D eigenvalue weighted by Crippen LogP contribution is -2.34. The number of para-hydroxylation sites is 1. The van der Waals surface area contributed by atoms with Crippen molar-refractivity contribution in [2.45, 2.75) is 19.3 Å². The number of hydrogen-bond donors (Lipinski definition) is 0. The van der Waals surface area contributed by atoms with Crippen molar-refractivity contribution >= 4 is 29.5 Å². The van der Waals surface area contributed by atoms with Crippen molar-refractivity contribution in [3.63, 3.8) is 0 Å². The van der Waals surface area contributed by atoms with Gasteiger partial charge < -0.3 is 14.5 Å². The molecule has 0 aliphatic carbocycles. The van der Waals surface area contributed by atoms with Gasteiger partial charge in [-0.25, -0.2) is 4.79 Å². The van der Waals surface area contributed by atoms with Crippen LogP contribution in [0.2, 0.25) is 0 Å². The Morgan fingerprint density at radius 1 is 1.19 bits per heavy atom. The maximum Gasteiger partial charge on any atom is 0.326 e. The number of ether oxygens (including phenoxy) is 1. The number of benzene rings is 1. The fourth-order valence-electron chi connectivity index (χ4n) is 3.16. The van der Waals surface area contributed by atoms with Gasteiger partial charge in [0, 0.05) is 32.2 Å². The summed E-state index contributed by atoms with van der Waals surface area (Å²) in [5.41, 5.74) is 1.97. The predicted molar refractivity (Wildman–Crippen MR) is 92.4 cm³/mol. The van der Waals surface area contributed by atoms with Crippen molar-refractivity contribution in [3.8, 4) is 0 Å². The van der Waals surface area contributed by atoms with E-state index in [1.54, 1.807) is 11.9 Å². The molecule has 1 aromatic carbocycles. The first-order valence-corrected chi connectivity index (χ1v) is 8.56. The van der Waals surface area contributed by atoms with Crippen molar-refractivity contribution < 1.29 is 23.9 Å². The van der Waals surface area contributed by atoms with Crippen LogP contribution in [0.1, 0.15) is 18.4 Å². The lowest BCUT2D eigenvalue weighted by Gasteiger charge is -2.17. The summed E-state index contributed by atoms with van der Waals surface area (Å²) in [6.45, 7) is 0.513. The Balaban J connectivity index is 1.40. The largest absolute Gasteiger partial charge is 0.456 e. The minimum absolute atomic E-state index is 0.0463. The van der Waals surface area contributed by atoms with Gasteiger partial charge in [-0.2, -0.15) is 0 Å². The summed E-state index contributed by atoms with van der Waals surface area (Å²) < 4.78 is 5.04. The van der Waals surface area contributed by atoms with E-state index in [1.165, 1.54) is 4.90 Å². The van der Waals surface area contributed by atoms with E-state index >= 15 is 0 Å². The minimum Gasteiger partial charge on any atom is -0.456 e. The fraction of sp³-hybridized carbons (Fsp3) is 0.444. The maximum absolute atomic E-state index is 12.3. The molecule has 0 unspecified atom stereocenters. The van der Waals surface area contributed by atoms with E-state index < -0.39 is 5.97 Å². The SMILES string of the molecule is CN1CC(=O)N(CCCC(=O)OCC(=O)N2CCc3ccccc32)C1=O. The summed E-state index contributed by atoms with van der Waals surface area (Å²) in [6, 6.07) is 7.30. The second-order valence-corrected chi connectivity index (χ2v) is 6.37. The Kier molecular flexibility index (Phi) is 5.20. The molecule has 8 nitrogen and oxygen atoms in total. The van der Waals surface area contributed by atoms with Crippen molar-refractivity contribution in [1.82, 2.24) is 9.80 Å². The molecule has 1 aromatic rings. The number of carbonyl (C=O) groups is 4. The van der Waals surface area contributed by atoms with Gasteiger partial charge in [-0.1, -0.05) is 18.2 Å². The molecule has 0 saturated carbocycles. The maximum atomic E-state index is 12.3. The van der Waals surface area contributed by atoms with Crippen LogP contribution in [-0.2, 0) is 25.5 Å². The molecule has 2 aliphatic heterocycles. The average Bonchev–Trinajstić information content (AvgIpc) is 3.16. The quantitative estimate of drug-likeness (QED) is 0.554. The first-order chi connectivity index (χ1) is 12.5. The molecule has 8 heteroatoms. The van der Waals surface area contributed by atoms with Gasteiger partial charge in [-0.3, -0.25) is 19.3 Å². The number of anilines is 1. The third kappa shape index (κ3) is 3.68. The van der Waals surface area contributed by atoms with E-state index in [1.807, 2.05) is 24.3 Å². The monoisotopic (exact) mass is 359 g/mol. The number of hydrogen-bond acceptors (Lipinski definition) is 5. The molecule has 4 amide bonds. The van der Waals surface area contributed by atoms with Crippen LogP contribution in [0.4, 0.5) is 10.5 Å². The van der Waals surface area contributed by atoms with E-state index in [0.717, 1.165) is 22.6 Å². The van der Waals surface area contributed by atoms with Crippen molar-refractivity contribution in [3.05, 3.63) is 29.8 Å². The van der Waals surface area contributed by atoms with E-state index in [4.69, 9.17) is 4.74 Å². The van der Waals surface area contributed by atoms with Gasteiger partial charge in [0.05, 0.1) is 0 Å². The lowest BCUT2D eigenvalue weighted by molar-refractivity contribution is -0.148. The van der Waals surface area contributed by atoms with Gasteiger partial charge in [-0.15, -0.1) is 0 Å². The van der Waals surface area contributed by atoms with Gasteiger partial charge >= 0.3 is 12.0 Å². The second-order valence-electron chi connectivity index (χ2n) is 6.37. The number of fused-ring (bicyclic) bond motifs is 1. The number of nitrogens with zero attached hydrogens (tertiary/aromatic N) is 3. The Morgan fingerprint density at radius 2 is 1.96 bits per heavy atom. The first-order valence-electron chi connectivity index (χ1n) is 8.56. The van der Waals surface area contributed by atoms with Gasteiger partial charge in [0.15, 0.2) is 6.61 Å². The third-order valence-electron chi connectivity index (χ3n) is 4.54. The Bertz CT molecular complexity index is 748. The minimum atomic E-state index is -0.515. The normalized spacial score (nSPS) is 16.3. The Labute approximate surface area is 151 Å². The molecule has 1 saturated heterocycles. The summed E-state index contributed by atoms with van der Waals surface area (Å²) in [5.74, 6) is -1.04. The molecule has 138 valence electrons. The molecule has 0 bridgehead atoms. The summed E-state index contributed by atoms with van der Waals surface area (Å²) in [5, 5.41) is 0. The zero-order chi connectivity index (χ0) is 18.7. The molecular formula is C18H21N3O5. The molecule has 2 aliphatic rings.